The first-order chi connectivity index (χ1) is 11.6. The average molecular weight is 359 g/mol. The minimum absolute atomic E-state index is 0.180. The first-order valence-corrected chi connectivity index (χ1v) is 8.80. The van der Waals surface area contributed by atoms with E-state index in [1.54, 1.807) is 17.7 Å². The predicted octanol–water partition coefficient (Wildman–Crippen LogP) is 3.05. The third kappa shape index (κ3) is 3.20. The molecule has 24 heavy (non-hydrogen) atoms. The van der Waals surface area contributed by atoms with Crippen molar-refractivity contribution >= 4 is 34.0 Å². The summed E-state index contributed by atoms with van der Waals surface area (Å²) in [6.07, 6.45) is 1.60. The number of thiophene rings is 1. The van der Waals surface area contributed by atoms with Gasteiger partial charge in [-0.15, -0.1) is 21.5 Å². The molecule has 1 N–H and O–H groups in total. The SMILES string of the molecule is Cc1occc1-c1nnc(SCC(=O)Nc2sccc2C#N)n1C. The van der Waals surface area contributed by atoms with Crippen molar-refractivity contribution in [3.05, 3.63) is 35.1 Å². The zero-order valence-electron chi connectivity index (χ0n) is 12.9. The number of carbonyl (C=O) groups is 1. The van der Waals surface area contributed by atoms with E-state index in [2.05, 4.69) is 15.5 Å². The van der Waals surface area contributed by atoms with E-state index < -0.39 is 0 Å². The molecule has 0 unspecified atom stereocenters. The molecule has 3 rings (SSSR count). The van der Waals surface area contributed by atoms with Crippen molar-refractivity contribution < 1.29 is 9.21 Å². The lowest BCUT2D eigenvalue weighted by atomic mass is 10.2. The highest BCUT2D eigenvalue weighted by Crippen LogP contribution is 2.26. The Kier molecular flexibility index (Phi) is 4.69. The smallest absolute Gasteiger partial charge is 0.235 e. The number of aromatic nitrogens is 3. The fourth-order valence-corrected chi connectivity index (χ4v) is 3.54. The van der Waals surface area contributed by atoms with Crippen LogP contribution in [-0.2, 0) is 11.8 Å². The van der Waals surface area contributed by atoms with E-state index in [1.807, 2.05) is 30.7 Å². The number of nitrogens with zero attached hydrogens (tertiary/aromatic N) is 4. The fourth-order valence-electron chi connectivity index (χ4n) is 2.08. The number of amides is 1. The molecule has 3 heterocycles. The van der Waals surface area contributed by atoms with Crippen molar-refractivity contribution in [2.75, 3.05) is 11.1 Å². The van der Waals surface area contributed by atoms with Gasteiger partial charge in [0.2, 0.25) is 5.91 Å². The maximum atomic E-state index is 12.0. The molecule has 0 saturated carbocycles. The Balaban J connectivity index is 1.65. The molecule has 0 atom stereocenters. The molecular weight excluding hydrogens is 346 g/mol. The third-order valence-electron chi connectivity index (χ3n) is 3.31. The average Bonchev–Trinajstić information content (AvgIpc) is 3.26. The molecule has 122 valence electrons. The number of anilines is 1. The van der Waals surface area contributed by atoms with Crippen LogP contribution in [0.1, 0.15) is 11.3 Å². The van der Waals surface area contributed by atoms with Crippen molar-refractivity contribution in [1.82, 2.24) is 14.8 Å². The minimum atomic E-state index is -0.192. The summed E-state index contributed by atoms with van der Waals surface area (Å²) in [6.45, 7) is 1.86. The predicted molar refractivity (Wildman–Crippen MR) is 91.8 cm³/mol. The van der Waals surface area contributed by atoms with Crippen molar-refractivity contribution in [2.24, 2.45) is 7.05 Å². The second-order valence-electron chi connectivity index (χ2n) is 4.87. The van der Waals surface area contributed by atoms with Crippen LogP contribution >= 0.6 is 23.1 Å². The molecular formula is C15H13N5O2S2. The zero-order valence-corrected chi connectivity index (χ0v) is 14.6. The molecule has 7 nitrogen and oxygen atoms in total. The second kappa shape index (κ2) is 6.90. The van der Waals surface area contributed by atoms with Gasteiger partial charge in [-0.2, -0.15) is 5.26 Å². The quantitative estimate of drug-likeness (QED) is 0.703. The topological polar surface area (TPSA) is 96.7 Å². The van der Waals surface area contributed by atoms with E-state index in [0.717, 1.165) is 11.3 Å². The molecule has 0 aliphatic rings. The molecule has 0 fully saturated rings. The molecule has 0 radical (unpaired) electrons. The van der Waals surface area contributed by atoms with Crippen molar-refractivity contribution in [1.29, 1.82) is 5.26 Å². The highest BCUT2D eigenvalue weighted by molar-refractivity contribution is 7.99. The number of nitrogens with one attached hydrogen (secondary N) is 1. The molecule has 0 aliphatic carbocycles. The molecule has 3 aromatic heterocycles. The number of rotatable bonds is 5. The molecule has 0 bridgehead atoms. The van der Waals surface area contributed by atoms with Gasteiger partial charge >= 0.3 is 0 Å². The first-order valence-electron chi connectivity index (χ1n) is 6.94. The zero-order chi connectivity index (χ0) is 17.1. The molecule has 0 spiro atoms. The summed E-state index contributed by atoms with van der Waals surface area (Å²) in [5.41, 5.74) is 1.34. The Morgan fingerprint density at radius 1 is 1.50 bits per heavy atom. The van der Waals surface area contributed by atoms with Gasteiger partial charge < -0.3 is 14.3 Å². The summed E-state index contributed by atoms with van der Waals surface area (Å²) in [5, 5.41) is 22.9. The van der Waals surface area contributed by atoms with E-state index in [1.165, 1.54) is 23.1 Å². The lowest BCUT2D eigenvalue weighted by molar-refractivity contribution is -0.113. The van der Waals surface area contributed by atoms with Gasteiger partial charge in [-0.3, -0.25) is 4.79 Å². The number of hydrogen-bond acceptors (Lipinski definition) is 7. The molecule has 0 aliphatic heterocycles. The molecule has 0 saturated heterocycles. The largest absolute Gasteiger partial charge is 0.469 e. The van der Waals surface area contributed by atoms with Gasteiger partial charge in [0.1, 0.15) is 16.8 Å². The van der Waals surface area contributed by atoms with Gasteiger partial charge in [0.15, 0.2) is 11.0 Å². The van der Waals surface area contributed by atoms with Gasteiger partial charge in [0, 0.05) is 7.05 Å². The van der Waals surface area contributed by atoms with Gasteiger partial charge in [-0.1, -0.05) is 11.8 Å². The monoisotopic (exact) mass is 359 g/mol. The van der Waals surface area contributed by atoms with Crippen molar-refractivity contribution in [2.45, 2.75) is 12.1 Å². The van der Waals surface area contributed by atoms with Crippen LogP contribution in [0.5, 0.6) is 0 Å². The van der Waals surface area contributed by atoms with Crippen LogP contribution < -0.4 is 5.32 Å². The summed E-state index contributed by atoms with van der Waals surface area (Å²) in [7, 11) is 1.84. The minimum Gasteiger partial charge on any atom is -0.469 e. The van der Waals surface area contributed by atoms with Gasteiger partial charge in [0.25, 0.3) is 0 Å². The Bertz CT molecular complexity index is 919. The van der Waals surface area contributed by atoms with Crippen LogP contribution in [0.3, 0.4) is 0 Å². The van der Waals surface area contributed by atoms with Crippen molar-refractivity contribution in [3.63, 3.8) is 0 Å². The van der Waals surface area contributed by atoms with Crippen LogP contribution in [0.2, 0.25) is 0 Å². The summed E-state index contributed by atoms with van der Waals surface area (Å²) in [6, 6.07) is 5.55. The van der Waals surface area contributed by atoms with Crippen LogP contribution in [-0.4, -0.2) is 26.4 Å². The molecule has 3 aromatic rings. The number of furan rings is 1. The van der Waals surface area contributed by atoms with Crippen molar-refractivity contribution in [3.8, 4) is 17.5 Å². The first kappa shape index (κ1) is 16.3. The van der Waals surface area contributed by atoms with E-state index in [4.69, 9.17) is 9.68 Å². The van der Waals surface area contributed by atoms with Gasteiger partial charge in [0.05, 0.1) is 23.1 Å². The molecule has 1 amide bonds. The van der Waals surface area contributed by atoms with E-state index in [9.17, 15) is 4.79 Å². The summed E-state index contributed by atoms with van der Waals surface area (Å²) in [5.74, 6) is 1.44. The van der Waals surface area contributed by atoms with Crippen LogP contribution in [0, 0.1) is 18.3 Å². The van der Waals surface area contributed by atoms with Crippen LogP contribution in [0.15, 0.2) is 33.3 Å². The van der Waals surface area contributed by atoms with Gasteiger partial charge in [-0.25, -0.2) is 0 Å². The summed E-state index contributed by atoms with van der Waals surface area (Å²) >= 11 is 2.61. The maximum absolute atomic E-state index is 12.0. The highest BCUT2D eigenvalue weighted by atomic mass is 32.2. The lowest BCUT2D eigenvalue weighted by Crippen LogP contribution is -2.14. The standard InChI is InChI=1S/C15H13N5O2S2/c1-9-11(3-5-22-9)13-18-19-15(20(13)2)24-8-12(21)17-14-10(7-16)4-6-23-14/h3-6H,8H2,1-2H3,(H,17,21). The third-order valence-corrected chi connectivity index (χ3v) is 5.16. The Labute approximate surface area is 146 Å². The second-order valence-corrected chi connectivity index (χ2v) is 6.73. The highest BCUT2D eigenvalue weighted by Gasteiger charge is 2.16. The van der Waals surface area contributed by atoms with Gasteiger partial charge in [-0.05, 0) is 24.4 Å². The lowest BCUT2D eigenvalue weighted by Gasteiger charge is -2.04. The molecule has 0 aromatic carbocycles. The van der Waals surface area contributed by atoms with Crippen LogP contribution in [0.4, 0.5) is 5.00 Å². The molecule has 9 heteroatoms. The maximum Gasteiger partial charge on any atom is 0.235 e. The number of aryl methyl sites for hydroxylation is 1. The van der Waals surface area contributed by atoms with E-state index in [-0.39, 0.29) is 11.7 Å². The van der Waals surface area contributed by atoms with E-state index in [0.29, 0.717) is 21.5 Å². The fraction of sp³-hybridized carbons (Fsp3) is 0.200. The Hall–Kier alpha value is -2.57. The number of carbonyl (C=O) groups excluding carboxylic acids is 1. The number of hydrogen-bond donors (Lipinski definition) is 1. The number of nitriles is 1. The van der Waals surface area contributed by atoms with Crippen LogP contribution in [0.25, 0.3) is 11.4 Å². The summed E-state index contributed by atoms with van der Waals surface area (Å²) in [4.78, 5) is 12.0. The van der Waals surface area contributed by atoms with E-state index >= 15 is 0 Å². The Morgan fingerprint density at radius 2 is 2.33 bits per heavy atom. The number of thioether (sulfide) groups is 1. The Morgan fingerprint density at radius 3 is 3.04 bits per heavy atom. The summed E-state index contributed by atoms with van der Waals surface area (Å²) < 4.78 is 7.11. The normalized spacial score (nSPS) is 10.5.